The van der Waals surface area contributed by atoms with Crippen molar-refractivity contribution >= 4 is 28.2 Å². The Balaban J connectivity index is 1.71. The Morgan fingerprint density at radius 1 is 0.913 bits per heavy atom. The van der Waals surface area contributed by atoms with Crippen molar-refractivity contribution in [3.63, 3.8) is 0 Å². The predicted molar refractivity (Wildman–Crippen MR) is 92.6 cm³/mol. The molecule has 1 aliphatic heterocycles. The first-order valence-electron chi connectivity index (χ1n) is 7.85. The fraction of sp³-hybridized carbons (Fsp3) is 0.263. The lowest BCUT2D eigenvalue weighted by molar-refractivity contribution is -0.126. The van der Waals surface area contributed by atoms with Crippen molar-refractivity contribution in [1.29, 1.82) is 0 Å². The van der Waals surface area contributed by atoms with Gasteiger partial charge in [0.25, 0.3) is 0 Å². The Morgan fingerprint density at radius 2 is 1.61 bits per heavy atom. The lowest BCUT2D eigenvalue weighted by atomic mass is 10.1. The Morgan fingerprint density at radius 3 is 2.35 bits per heavy atom. The minimum absolute atomic E-state index is 0.0854. The number of hydrogen-bond donors (Lipinski definition) is 0. The van der Waals surface area contributed by atoms with Gasteiger partial charge in [-0.15, -0.1) is 0 Å². The molecule has 4 nitrogen and oxygen atoms in total. The zero-order valence-corrected chi connectivity index (χ0v) is 13.2. The smallest absolute Gasteiger partial charge is 0.246 e. The second-order valence-corrected chi connectivity index (χ2v) is 5.75. The van der Waals surface area contributed by atoms with Crippen LogP contribution in [0.4, 0.5) is 5.69 Å². The first-order valence-corrected chi connectivity index (χ1v) is 7.85. The molecular formula is C19H20N2O2. The SMILES string of the molecule is CC(=O)C=CC(=O)N1CCN(c2cccc3ccccc23)CC1. The first kappa shape index (κ1) is 15.3. The van der Waals surface area contributed by atoms with Crippen LogP contribution < -0.4 is 4.90 Å². The molecule has 0 saturated carbocycles. The molecule has 1 amide bonds. The number of fused-ring (bicyclic) bond motifs is 1. The molecular weight excluding hydrogens is 288 g/mol. The van der Waals surface area contributed by atoms with Gasteiger partial charge in [-0.25, -0.2) is 0 Å². The van der Waals surface area contributed by atoms with Crippen molar-refractivity contribution in [3.8, 4) is 0 Å². The molecule has 1 saturated heterocycles. The Hall–Kier alpha value is -2.62. The Kier molecular flexibility index (Phi) is 4.42. The summed E-state index contributed by atoms with van der Waals surface area (Å²) in [5.41, 5.74) is 1.22. The standard InChI is InChI=1S/C19H20N2O2/c1-15(22)9-10-19(23)21-13-11-20(12-14-21)18-8-4-6-16-5-2-3-7-17(16)18/h2-10H,11-14H2,1H3. The van der Waals surface area contributed by atoms with Crippen molar-refractivity contribution in [2.45, 2.75) is 6.92 Å². The average molecular weight is 308 g/mol. The minimum atomic E-state index is -0.104. The normalized spacial score (nSPS) is 15.3. The molecule has 118 valence electrons. The first-order chi connectivity index (χ1) is 11.1. The van der Waals surface area contributed by atoms with Gasteiger partial charge < -0.3 is 9.80 Å². The molecule has 1 heterocycles. The number of allylic oxidation sites excluding steroid dienone is 1. The van der Waals surface area contributed by atoms with E-state index in [1.807, 2.05) is 6.07 Å². The molecule has 0 aromatic heterocycles. The van der Waals surface area contributed by atoms with Gasteiger partial charge in [-0.2, -0.15) is 0 Å². The summed E-state index contributed by atoms with van der Waals surface area (Å²) in [6.07, 6.45) is 2.70. The summed E-state index contributed by atoms with van der Waals surface area (Å²) in [6.45, 7) is 4.39. The van der Waals surface area contributed by atoms with Crippen LogP contribution in [0.3, 0.4) is 0 Å². The maximum absolute atomic E-state index is 12.0. The van der Waals surface area contributed by atoms with Gasteiger partial charge in [-0.1, -0.05) is 36.4 Å². The van der Waals surface area contributed by atoms with Crippen LogP contribution in [0.25, 0.3) is 10.8 Å². The molecule has 1 aliphatic rings. The molecule has 0 atom stereocenters. The highest BCUT2D eigenvalue weighted by atomic mass is 16.2. The number of rotatable bonds is 3. The number of carbonyl (C=O) groups excluding carboxylic acids is 2. The Labute approximate surface area is 136 Å². The van der Waals surface area contributed by atoms with E-state index in [1.165, 1.54) is 35.5 Å². The lowest BCUT2D eigenvalue weighted by Gasteiger charge is -2.36. The number of nitrogens with zero attached hydrogens (tertiary/aromatic N) is 2. The van der Waals surface area contributed by atoms with Gasteiger partial charge in [0.15, 0.2) is 5.78 Å². The van der Waals surface area contributed by atoms with Crippen molar-refractivity contribution in [2.24, 2.45) is 0 Å². The van der Waals surface area contributed by atoms with Crippen LogP contribution in [0.2, 0.25) is 0 Å². The Bertz CT molecular complexity index is 754. The largest absolute Gasteiger partial charge is 0.367 e. The van der Waals surface area contributed by atoms with Gasteiger partial charge in [0, 0.05) is 43.3 Å². The third kappa shape index (κ3) is 3.42. The zero-order valence-electron chi connectivity index (χ0n) is 13.2. The highest BCUT2D eigenvalue weighted by molar-refractivity contribution is 5.97. The highest BCUT2D eigenvalue weighted by Crippen LogP contribution is 2.27. The van der Waals surface area contributed by atoms with E-state index in [2.05, 4.69) is 41.3 Å². The number of piperazine rings is 1. The summed E-state index contributed by atoms with van der Waals surface area (Å²) in [6, 6.07) is 14.7. The molecule has 3 rings (SSSR count). The fourth-order valence-electron chi connectivity index (χ4n) is 2.95. The van der Waals surface area contributed by atoms with Crippen LogP contribution in [0.1, 0.15) is 6.92 Å². The molecule has 0 radical (unpaired) electrons. The van der Waals surface area contributed by atoms with Crippen LogP contribution in [0, 0.1) is 0 Å². The molecule has 0 unspecified atom stereocenters. The summed E-state index contributed by atoms with van der Waals surface area (Å²) in [5.74, 6) is -0.189. The van der Waals surface area contributed by atoms with Gasteiger partial charge in [-0.05, 0) is 24.5 Å². The molecule has 0 bridgehead atoms. The van der Waals surface area contributed by atoms with E-state index in [0.717, 1.165) is 13.1 Å². The van der Waals surface area contributed by atoms with Gasteiger partial charge in [0.05, 0.1) is 0 Å². The van der Waals surface area contributed by atoms with E-state index >= 15 is 0 Å². The molecule has 0 N–H and O–H groups in total. The highest BCUT2D eigenvalue weighted by Gasteiger charge is 2.20. The summed E-state index contributed by atoms with van der Waals surface area (Å²) < 4.78 is 0. The molecule has 1 fully saturated rings. The number of anilines is 1. The number of carbonyl (C=O) groups is 2. The van der Waals surface area contributed by atoms with Gasteiger partial charge in [0.2, 0.25) is 5.91 Å². The molecule has 0 spiro atoms. The van der Waals surface area contributed by atoms with Gasteiger partial charge in [0.1, 0.15) is 0 Å². The fourth-order valence-corrected chi connectivity index (χ4v) is 2.95. The summed E-state index contributed by atoms with van der Waals surface area (Å²) >= 11 is 0. The predicted octanol–water partition coefficient (Wildman–Crippen LogP) is 2.63. The van der Waals surface area contributed by atoms with Crippen molar-refractivity contribution in [2.75, 3.05) is 31.1 Å². The molecule has 4 heteroatoms. The topological polar surface area (TPSA) is 40.6 Å². The van der Waals surface area contributed by atoms with E-state index in [4.69, 9.17) is 0 Å². The van der Waals surface area contributed by atoms with Crippen molar-refractivity contribution in [3.05, 3.63) is 54.6 Å². The zero-order chi connectivity index (χ0) is 16.2. The molecule has 2 aromatic carbocycles. The summed E-state index contributed by atoms with van der Waals surface area (Å²) in [7, 11) is 0. The van der Waals surface area contributed by atoms with Crippen LogP contribution in [-0.2, 0) is 9.59 Å². The lowest BCUT2D eigenvalue weighted by Crippen LogP contribution is -2.48. The third-order valence-electron chi connectivity index (χ3n) is 4.16. The van der Waals surface area contributed by atoms with Crippen molar-refractivity contribution in [1.82, 2.24) is 4.90 Å². The van der Waals surface area contributed by atoms with Crippen LogP contribution in [0.5, 0.6) is 0 Å². The van der Waals surface area contributed by atoms with E-state index in [9.17, 15) is 9.59 Å². The number of hydrogen-bond acceptors (Lipinski definition) is 3. The maximum Gasteiger partial charge on any atom is 0.246 e. The second-order valence-electron chi connectivity index (χ2n) is 5.75. The third-order valence-corrected chi connectivity index (χ3v) is 4.16. The van der Waals surface area contributed by atoms with E-state index in [0.29, 0.717) is 13.1 Å². The summed E-state index contributed by atoms with van der Waals surface area (Å²) in [5, 5.41) is 2.47. The van der Waals surface area contributed by atoms with Crippen molar-refractivity contribution < 1.29 is 9.59 Å². The van der Waals surface area contributed by atoms with Crippen LogP contribution >= 0.6 is 0 Å². The number of amides is 1. The van der Waals surface area contributed by atoms with Gasteiger partial charge in [-0.3, -0.25) is 9.59 Å². The second kappa shape index (κ2) is 6.65. The average Bonchev–Trinajstić information content (AvgIpc) is 2.59. The van der Waals surface area contributed by atoms with E-state index < -0.39 is 0 Å². The monoisotopic (exact) mass is 308 g/mol. The number of ketones is 1. The van der Waals surface area contributed by atoms with E-state index in [-0.39, 0.29) is 11.7 Å². The molecule has 2 aromatic rings. The summed E-state index contributed by atoms with van der Waals surface area (Å²) in [4.78, 5) is 27.1. The molecule has 23 heavy (non-hydrogen) atoms. The van der Waals surface area contributed by atoms with Crippen LogP contribution in [-0.4, -0.2) is 42.8 Å². The van der Waals surface area contributed by atoms with Gasteiger partial charge >= 0.3 is 0 Å². The number of benzene rings is 2. The minimum Gasteiger partial charge on any atom is -0.367 e. The molecule has 0 aliphatic carbocycles. The van der Waals surface area contributed by atoms with E-state index in [1.54, 1.807) is 4.90 Å². The quantitative estimate of drug-likeness (QED) is 0.819. The van der Waals surface area contributed by atoms with Crippen LogP contribution in [0.15, 0.2) is 54.6 Å². The maximum atomic E-state index is 12.0.